The molecule has 0 radical (unpaired) electrons. The van der Waals surface area contributed by atoms with E-state index in [1.807, 2.05) is 24.3 Å². The van der Waals surface area contributed by atoms with Gasteiger partial charge in [0.25, 0.3) is 0 Å². The molecule has 0 bridgehead atoms. The third-order valence-electron chi connectivity index (χ3n) is 3.02. The van der Waals surface area contributed by atoms with Gasteiger partial charge in [-0.1, -0.05) is 6.07 Å². The van der Waals surface area contributed by atoms with Crippen LogP contribution in [0.4, 0.5) is 11.5 Å². The second-order valence-electron chi connectivity index (χ2n) is 4.40. The average Bonchev–Trinajstić information content (AvgIpc) is 2.47. The van der Waals surface area contributed by atoms with Crippen LogP contribution in [0.3, 0.4) is 0 Å². The quantitative estimate of drug-likeness (QED) is 0.665. The molecule has 0 aliphatic heterocycles. The Morgan fingerprint density at radius 3 is 2.81 bits per heavy atom. The van der Waals surface area contributed by atoms with E-state index in [1.165, 1.54) is 13.4 Å². The third-order valence-corrected chi connectivity index (χ3v) is 3.69. The van der Waals surface area contributed by atoms with Crippen molar-refractivity contribution in [1.29, 1.82) is 0 Å². The van der Waals surface area contributed by atoms with Crippen molar-refractivity contribution in [2.24, 2.45) is 0 Å². The van der Waals surface area contributed by atoms with Crippen molar-refractivity contribution < 1.29 is 9.84 Å². The van der Waals surface area contributed by atoms with Gasteiger partial charge in [0.1, 0.15) is 12.1 Å². The summed E-state index contributed by atoms with van der Waals surface area (Å²) >= 11 is 2.25. The van der Waals surface area contributed by atoms with Gasteiger partial charge in [0.05, 0.1) is 12.6 Å². The number of nitrogens with zero attached hydrogens (tertiary/aromatic N) is 2. The molecule has 2 N–H and O–H groups in total. The molecule has 21 heavy (non-hydrogen) atoms. The predicted molar refractivity (Wildman–Crippen MR) is 90.2 cm³/mol. The molecule has 0 aliphatic carbocycles. The topological polar surface area (TPSA) is 67.3 Å². The Bertz CT molecular complexity index is 808. The highest BCUT2D eigenvalue weighted by Crippen LogP contribution is 2.33. The predicted octanol–water partition coefficient (Wildman–Crippen LogP) is 3.69. The van der Waals surface area contributed by atoms with Gasteiger partial charge in [-0.25, -0.2) is 9.97 Å². The molecular weight excluding hydrogens is 381 g/mol. The van der Waals surface area contributed by atoms with Gasteiger partial charge in [-0.15, -0.1) is 0 Å². The maximum absolute atomic E-state index is 9.93. The molecule has 0 saturated carbocycles. The summed E-state index contributed by atoms with van der Waals surface area (Å²) in [5.74, 6) is 1.09. The lowest BCUT2D eigenvalue weighted by Gasteiger charge is -2.10. The van der Waals surface area contributed by atoms with Crippen LogP contribution in [0, 0.1) is 3.57 Å². The van der Waals surface area contributed by atoms with E-state index in [-0.39, 0.29) is 5.75 Å². The van der Waals surface area contributed by atoms with Crippen LogP contribution in [0.5, 0.6) is 11.5 Å². The molecule has 0 unspecified atom stereocenters. The second-order valence-corrected chi connectivity index (χ2v) is 5.64. The van der Waals surface area contributed by atoms with Crippen molar-refractivity contribution in [3.05, 3.63) is 46.3 Å². The third kappa shape index (κ3) is 2.85. The van der Waals surface area contributed by atoms with Crippen molar-refractivity contribution in [3.8, 4) is 11.5 Å². The fourth-order valence-electron chi connectivity index (χ4n) is 2.04. The van der Waals surface area contributed by atoms with Gasteiger partial charge in [0.15, 0.2) is 11.5 Å². The summed E-state index contributed by atoms with van der Waals surface area (Å²) in [6, 6.07) is 11.2. The van der Waals surface area contributed by atoms with Gasteiger partial charge in [0, 0.05) is 20.7 Å². The highest BCUT2D eigenvalue weighted by atomic mass is 127. The van der Waals surface area contributed by atoms with Crippen LogP contribution in [0.2, 0.25) is 0 Å². The zero-order valence-corrected chi connectivity index (χ0v) is 13.3. The summed E-state index contributed by atoms with van der Waals surface area (Å²) in [6.45, 7) is 0. The Kier molecular flexibility index (Phi) is 3.78. The van der Waals surface area contributed by atoms with E-state index in [2.05, 4.69) is 37.9 Å². The molecule has 5 nitrogen and oxygen atoms in total. The summed E-state index contributed by atoms with van der Waals surface area (Å²) < 4.78 is 6.22. The number of methoxy groups -OCH3 is 1. The van der Waals surface area contributed by atoms with Crippen LogP contribution in [0.25, 0.3) is 10.9 Å². The minimum atomic E-state index is 0.0606. The van der Waals surface area contributed by atoms with Crippen molar-refractivity contribution in [2.45, 2.75) is 0 Å². The van der Waals surface area contributed by atoms with Crippen LogP contribution in [0.15, 0.2) is 42.7 Å². The molecule has 0 amide bonds. The number of ether oxygens (including phenoxy) is 1. The highest BCUT2D eigenvalue weighted by molar-refractivity contribution is 14.1. The van der Waals surface area contributed by atoms with E-state index in [0.29, 0.717) is 17.1 Å². The Hall–Kier alpha value is -2.09. The first-order chi connectivity index (χ1) is 10.2. The molecule has 3 rings (SSSR count). The monoisotopic (exact) mass is 393 g/mol. The maximum atomic E-state index is 9.93. The second kappa shape index (κ2) is 5.72. The molecule has 3 aromatic rings. The van der Waals surface area contributed by atoms with Crippen LogP contribution < -0.4 is 10.1 Å². The average molecular weight is 393 g/mol. The van der Waals surface area contributed by atoms with Crippen molar-refractivity contribution >= 4 is 45.0 Å². The molecule has 0 spiro atoms. The summed E-state index contributed by atoms with van der Waals surface area (Å²) in [4.78, 5) is 8.46. The number of hydrogen-bond acceptors (Lipinski definition) is 5. The van der Waals surface area contributed by atoms with Gasteiger partial charge in [-0.05, 0) is 46.9 Å². The minimum Gasteiger partial charge on any atom is -0.504 e. The van der Waals surface area contributed by atoms with E-state index in [9.17, 15) is 5.11 Å². The molecule has 0 saturated heterocycles. The first-order valence-electron chi connectivity index (χ1n) is 6.21. The zero-order valence-electron chi connectivity index (χ0n) is 11.2. The Labute approximate surface area is 135 Å². The lowest BCUT2D eigenvalue weighted by atomic mass is 10.2. The van der Waals surface area contributed by atoms with Crippen LogP contribution in [0.1, 0.15) is 0 Å². The highest BCUT2D eigenvalue weighted by Gasteiger charge is 2.09. The van der Waals surface area contributed by atoms with Gasteiger partial charge in [0.2, 0.25) is 0 Å². The molecule has 1 heterocycles. The Balaban J connectivity index is 2.08. The number of phenols is 1. The number of anilines is 2. The van der Waals surface area contributed by atoms with Crippen LogP contribution in [-0.2, 0) is 0 Å². The number of fused-ring (bicyclic) bond motifs is 1. The number of halogens is 1. The number of hydrogen-bond donors (Lipinski definition) is 2. The Morgan fingerprint density at radius 1 is 1.19 bits per heavy atom. The van der Waals surface area contributed by atoms with Gasteiger partial charge >= 0.3 is 0 Å². The standard InChI is InChI=1S/C15H12IN3O2/c1-21-14-7-12-11(6-13(14)20)15(18-8-17-12)19-10-4-2-3-9(16)5-10/h2-8,20H,1H3,(H,17,18,19). The Morgan fingerprint density at radius 2 is 2.05 bits per heavy atom. The normalized spacial score (nSPS) is 10.6. The molecule has 0 fully saturated rings. The lowest BCUT2D eigenvalue weighted by molar-refractivity contribution is 0.374. The molecule has 6 heteroatoms. The number of aromatic hydroxyl groups is 1. The van der Waals surface area contributed by atoms with E-state index in [1.54, 1.807) is 12.1 Å². The number of benzene rings is 2. The van der Waals surface area contributed by atoms with Crippen LogP contribution in [-0.4, -0.2) is 22.2 Å². The SMILES string of the molecule is COc1cc2ncnc(Nc3cccc(I)c3)c2cc1O. The summed E-state index contributed by atoms with van der Waals surface area (Å²) in [5.41, 5.74) is 1.63. The number of nitrogens with one attached hydrogen (secondary N) is 1. The molecule has 106 valence electrons. The largest absolute Gasteiger partial charge is 0.504 e. The van der Waals surface area contributed by atoms with Gasteiger partial charge in [-0.3, -0.25) is 0 Å². The lowest BCUT2D eigenvalue weighted by Crippen LogP contribution is -1.96. The fraction of sp³-hybridized carbons (Fsp3) is 0.0667. The number of phenolic OH excluding ortho intramolecular Hbond substituents is 1. The first-order valence-corrected chi connectivity index (χ1v) is 7.29. The minimum absolute atomic E-state index is 0.0606. The van der Waals surface area contributed by atoms with Gasteiger partial charge in [-0.2, -0.15) is 0 Å². The molecule has 0 aliphatic rings. The molecular formula is C15H12IN3O2. The summed E-state index contributed by atoms with van der Waals surface area (Å²) in [6.07, 6.45) is 1.48. The van der Waals surface area contributed by atoms with Crippen molar-refractivity contribution in [1.82, 2.24) is 9.97 Å². The molecule has 1 aromatic heterocycles. The van der Waals surface area contributed by atoms with Crippen molar-refractivity contribution in [3.63, 3.8) is 0 Å². The summed E-state index contributed by atoms with van der Waals surface area (Å²) in [7, 11) is 1.51. The zero-order chi connectivity index (χ0) is 14.8. The first kappa shape index (κ1) is 13.9. The number of rotatable bonds is 3. The van der Waals surface area contributed by atoms with Crippen LogP contribution >= 0.6 is 22.6 Å². The summed E-state index contributed by atoms with van der Waals surface area (Å²) in [5, 5.41) is 13.9. The van der Waals surface area contributed by atoms with E-state index in [0.717, 1.165) is 14.6 Å². The smallest absolute Gasteiger partial charge is 0.162 e. The number of aromatic nitrogens is 2. The van der Waals surface area contributed by atoms with E-state index < -0.39 is 0 Å². The molecule has 2 aromatic carbocycles. The van der Waals surface area contributed by atoms with Crippen molar-refractivity contribution in [2.75, 3.05) is 12.4 Å². The maximum Gasteiger partial charge on any atom is 0.162 e. The molecule has 0 atom stereocenters. The van der Waals surface area contributed by atoms with E-state index in [4.69, 9.17) is 4.74 Å². The van der Waals surface area contributed by atoms with E-state index >= 15 is 0 Å². The van der Waals surface area contributed by atoms with Gasteiger partial charge < -0.3 is 15.2 Å². The fourth-order valence-corrected chi connectivity index (χ4v) is 2.58.